The second kappa shape index (κ2) is 6.02. The number of hydrogen-bond acceptors (Lipinski definition) is 3. The molecule has 0 saturated carbocycles. The van der Waals surface area contributed by atoms with Gasteiger partial charge in [0.05, 0.1) is 5.69 Å². The van der Waals surface area contributed by atoms with Gasteiger partial charge in [-0.3, -0.25) is 10.1 Å². The van der Waals surface area contributed by atoms with Crippen LogP contribution in [0.1, 0.15) is 15.4 Å². The average molecular weight is 380 g/mol. The molecular weight excluding hydrogens is 369 g/mol. The Hall–Kier alpha value is -1.99. The highest BCUT2D eigenvalue weighted by atomic mass is 79.9. The van der Waals surface area contributed by atoms with Gasteiger partial charge in [-0.15, -0.1) is 11.3 Å². The zero-order valence-electron chi connectivity index (χ0n) is 11.5. The van der Waals surface area contributed by atoms with Gasteiger partial charge in [-0.25, -0.2) is 9.37 Å². The Bertz CT molecular complexity index is 826. The van der Waals surface area contributed by atoms with Gasteiger partial charge in [0, 0.05) is 21.1 Å². The molecule has 0 spiro atoms. The molecule has 2 N–H and O–H groups in total. The third kappa shape index (κ3) is 3.10. The molecule has 0 aliphatic heterocycles. The van der Waals surface area contributed by atoms with Crippen molar-refractivity contribution in [2.45, 2.75) is 6.92 Å². The quantitative estimate of drug-likeness (QED) is 0.698. The van der Waals surface area contributed by atoms with Crippen LogP contribution < -0.4 is 5.32 Å². The third-order valence-corrected chi connectivity index (χ3v) is 4.37. The molecule has 0 bridgehead atoms. The van der Waals surface area contributed by atoms with Crippen molar-refractivity contribution >= 4 is 38.3 Å². The number of thiazole rings is 1. The zero-order valence-corrected chi connectivity index (χ0v) is 13.9. The van der Waals surface area contributed by atoms with E-state index in [4.69, 9.17) is 0 Å². The maximum atomic E-state index is 13.0. The predicted octanol–water partition coefficient (Wildman–Crippen LogP) is 4.60. The topological polar surface area (TPSA) is 57.8 Å². The normalized spacial score (nSPS) is 10.7. The molecule has 3 rings (SSSR count). The molecule has 112 valence electrons. The highest BCUT2D eigenvalue weighted by Gasteiger charge is 2.14. The van der Waals surface area contributed by atoms with Gasteiger partial charge >= 0.3 is 0 Å². The maximum absolute atomic E-state index is 13.0. The van der Waals surface area contributed by atoms with Crippen LogP contribution in [0.3, 0.4) is 0 Å². The van der Waals surface area contributed by atoms with Gasteiger partial charge in [-0.05, 0) is 53.2 Å². The number of aromatic amines is 1. The van der Waals surface area contributed by atoms with Crippen LogP contribution in [0.5, 0.6) is 0 Å². The Kier molecular flexibility index (Phi) is 4.08. The van der Waals surface area contributed by atoms with Crippen LogP contribution in [0, 0.1) is 12.7 Å². The van der Waals surface area contributed by atoms with Crippen molar-refractivity contribution in [3.63, 3.8) is 0 Å². The first-order valence-electron chi connectivity index (χ1n) is 6.41. The van der Waals surface area contributed by atoms with Crippen LogP contribution in [-0.4, -0.2) is 15.9 Å². The van der Waals surface area contributed by atoms with E-state index in [9.17, 15) is 9.18 Å². The molecule has 4 nitrogen and oxygen atoms in total. The van der Waals surface area contributed by atoms with E-state index in [1.54, 1.807) is 24.4 Å². The number of aromatic nitrogens is 2. The summed E-state index contributed by atoms with van der Waals surface area (Å²) in [5.74, 6) is -0.549. The smallest absolute Gasteiger partial charge is 0.273 e. The van der Waals surface area contributed by atoms with Crippen LogP contribution >= 0.6 is 27.3 Å². The van der Waals surface area contributed by atoms with E-state index in [1.165, 1.54) is 23.5 Å². The highest BCUT2D eigenvalue weighted by Crippen LogP contribution is 2.30. The number of nitrogens with zero attached hydrogens (tertiary/aromatic N) is 1. The van der Waals surface area contributed by atoms with Gasteiger partial charge in [-0.1, -0.05) is 0 Å². The van der Waals surface area contributed by atoms with Crippen molar-refractivity contribution < 1.29 is 9.18 Å². The molecule has 0 radical (unpaired) electrons. The number of carbonyl (C=O) groups is 1. The molecule has 2 heterocycles. The fourth-order valence-corrected chi connectivity index (χ4v) is 3.16. The lowest BCUT2D eigenvalue weighted by Crippen LogP contribution is -2.11. The summed E-state index contributed by atoms with van der Waals surface area (Å²) in [6, 6.07) is 7.82. The van der Waals surface area contributed by atoms with E-state index in [1.807, 2.05) is 6.92 Å². The third-order valence-electron chi connectivity index (χ3n) is 3.03. The molecule has 22 heavy (non-hydrogen) atoms. The molecule has 1 aromatic carbocycles. The Morgan fingerprint density at radius 1 is 1.36 bits per heavy atom. The number of amides is 1. The average Bonchev–Trinajstić information content (AvgIpc) is 3.06. The first-order chi connectivity index (χ1) is 10.5. The highest BCUT2D eigenvalue weighted by molar-refractivity contribution is 9.10. The van der Waals surface area contributed by atoms with E-state index in [-0.39, 0.29) is 11.7 Å². The molecule has 0 fully saturated rings. The van der Waals surface area contributed by atoms with E-state index >= 15 is 0 Å². The number of carbonyl (C=O) groups excluding carboxylic acids is 1. The van der Waals surface area contributed by atoms with Gasteiger partial charge < -0.3 is 4.98 Å². The number of benzene rings is 1. The van der Waals surface area contributed by atoms with E-state index < -0.39 is 0 Å². The summed E-state index contributed by atoms with van der Waals surface area (Å²) in [5, 5.41) is 3.26. The molecule has 0 unspecified atom stereocenters. The summed E-state index contributed by atoms with van der Waals surface area (Å²) in [7, 11) is 0. The van der Waals surface area contributed by atoms with Crippen molar-refractivity contribution in [1.82, 2.24) is 9.97 Å². The van der Waals surface area contributed by atoms with Gasteiger partial charge in [0.2, 0.25) is 0 Å². The minimum atomic E-state index is -0.289. The number of anilines is 1. The van der Waals surface area contributed by atoms with E-state index in [2.05, 4.69) is 31.2 Å². The summed E-state index contributed by atoms with van der Waals surface area (Å²) in [5.41, 5.74) is 2.01. The van der Waals surface area contributed by atoms with Crippen LogP contribution in [0.2, 0.25) is 0 Å². The van der Waals surface area contributed by atoms with Gasteiger partial charge in [-0.2, -0.15) is 0 Å². The second-order valence-electron chi connectivity index (χ2n) is 4.62. The Labute approximate surface area is 138 Å². The summed E-state index contributed by atoms with van der Waals surface area (Å²) >= 11 is 4.66. The van der Waals surface area contributed by atoms with Crippen LogP contribution in [0.25, 0.3) is 11.3 Å². The summed E-state index contributed by atoms with van der Waals surface area (Å²) in [6.07, 6.45) is 1.69. The molecule has 3 aromatic rings. The standard InChI is InChI=1S/C15H11BrFN3OS/c1-8-13(9-2-4-11(17)5-3-9)19-15(22-8)20-14(21)12-6-10(16)7-18-12/h2-7,18H,1H3,(H,19,20,21). The lowest BCUT2D eigenvalue weighted by Gasteiger charge is -1.99. The lowest BCUT2D eigenvalue weighted by atomic mass is 10.1. The molecule has 0 aliphatic carbocycles. The summed E-state index contributed by atoms with van der Waals surface area (Å²) in [6.45, 7) is 1.91. The number of rotatable bonds is 3. The summed E-state index contributed by atoms with van der Waals surface area (Å²) in [4.78, 5) is 20.3. The van der Waals surface area contributed by atoms with Crippen molar-refractivity contribution in [3.8, 4) is 11.3 Å². The second-order valence-corrected chi connectivity index (χ2v) is 6.74. The monoisotopic (exact) mass is 379 g/mol. The number of halogens is 2. The van der Waals surface area contributed by atoms with Crippen molar-refractivity contribution in [3.05, 3.63) is 57.4 Å². The predicted molar refractivity (Wildman–Crippen MR) is 88.7 cm³/mol. The number of H-pyrrole nitrogens is 1. The number of nitrogens with one attached hydrogen (secondary N) is 2. The largest absolute Gasteiger partial charge is 0.356 e. The molecule has 0 atom stereocenters. The van der Waals surface area contributed by atoms with E-state index in [0.717, 1.165) is 20.6 Å². The number of aryl methyl sites for hydroxylation is 1. The van der Waals surface area contributed by atoms with Crippen molar-refractivity contribution in [2.75, 3.05) is 5.32 Å². The lowest BCUT2D eigenvalue weighted by molar-refractivity contribution is 0.102. The first-order valence-corrected chi connectivity index (χ1v) is 8.02. The first kappa shape index (κ1) is 14.9. The fraction of sp³-hybridized carbons (Fsp3) is 0.0667. The van der Waals surface area contributed by atoms with Crippen molar-refractivity contribution in [2.24, 2.45) is 0 Å². The van der Waals surface area contributed by atoms with Crippen LogP contribution in [0.15, 0.2) is 41.0 Å². The van der Waals surface area contributed by atoms with Gasteiger partial charge in [0.25, 0.3) is 5.91 Å². The molecule has 1 amide bonds. The fourth-order valence-electron chi connectivity index (χ4n) is 1.99. The SMILES string of the molecule is Cc1sc(NC(=O)c2cc(Br)c[nH]2)nc1-c1ccc(F)cc1. The summed E-state index contributed by atoms with van der Waals surface area (Å²) < 4.78 is 13.8. The Balaban J connectivity index is 1.83. The number of hydrogen-bond donors (Lipinski definition) is 2. The van der Waals surface area contributed by atoms with Crippen LogP contribution in [-0.2, 0) is 0 Å². The molecule has 0 aliphatic rings. The molecule has 0 saturated heterocycles. The van der Waals surface area contributed by atoms with E-state index in [0.29, 0.717) is 10.8 Å². The van der Waals surface area contributed by atoms with Gasteiger partial charge in [0.1, 0.15) is 11.5 Å². The van der Waals surface area contributed by atoms with Crippen molar-refractivity contribution in [1.29, 1.82) is 0 Å². The zero-order chi connectivity index (χ0) is 15.7. The van der Waals surface area contributed by atoms with Gasteiger partial charge in [0.15, 0.2) is 5.13 Å². The van der Waals surface area contributed by atoms with Crippen LogP contribution in [0.4, 0.5) is 9.52 Å². The maximum Gasteiger partial charge on any atom is 0.273 e. The molecule has 7 heteroatoms. The minimum Gasteiger partial charge on any atom is -0.356 e. The Morgan fingerprint density at radius 2 is 2.09 bits per heavy atom. The molecule has 2 aromatic heterocycles. The molecular formula is C15H11BrFN3OS. The minimum absolute atomic E-state index is 0.259. The Morgan fingerprint density at radius 3 is 2.73 bits per heavy atom.